The van der Waals surface area contributed by atoms with Crippen molar-refractivity contribution in [1.82, 2.24) is 0 Å². The number of aliphatic carboxylic acids is 1. The van der Waals surface area contributed by atoms with E-state index >= 15 is 0 Å². The molecule has 14 heavy (non-hydrogen) atoms. The van der Waals surface area contributed by atoms with Crippen LogP contribution in [-0.2, 0) is 11.2 Å². The molecule has 0 aliphatic heterocycles. The minimum absolute atomic E-state index is 0.160. The Morgan fingerprint density at radius 3 is 2.50 bits per heavy atom. The van der Waals surface area contributed by atoms with E-state index in [1.54, 1.807) is 0 Å². The van der Waals surface area contributed by atoms with Crippen LogP contribution in [0.5, 0.6) is 0 Å². The van der Waals surface area contributed by atoms with Crippen molar-refractivity contribution in [2.75, 3.05) is 0 Å². The molecule has 0 amide bonds. The number of carbonyl (C=O) groups is 1. The van der Waals surface area contributed by atoms with Crippen LogP contribution in [0.3, 0.4) is 0 Å². The first-order chi connectivity index (χ1) is 6.43. The maximum Gasteiger partial charge on any atom is 0.307 e. The summed E-state index contributed by atoms with van der Waals surface area (Å²) in [6.45, 7) is 0. The van der Waals surface area contributed by atoms with Crippen molar-refractivity contribution >= 4 is 37.8 Å². The summed E-state index contributed by atoms with van der Waals surface area (Å²) in [4.78, 5) is 10.4. The zero-order valence-corrected chi connectivity index (χ0v) is 9.82. The van der Waals surface area contributed by atoms with Crippen LogP contribution in [0, 0.1) is 11.6 Å². The third-order valence-corrected chi connectivity index (χ3v) is 3.07. The summed E-state index contributed by atoms with van der Waals surface area (Å²) in [5, 5.41) is 8.52. The Morgan fingerprint density at radius 1 is 1.43 bits per heavy atom. The average Bonchev–Trinajstić information content (AvgIpc) is 2.09. The summed E-state index contributed by atoms with van der Waals surface area (Å²) < 4.78 is 25.8. The molecule has 0 fully saturated rings. The van der Waals surface area contributed by atoms with Gasteiger partial charge in [0.25, 0.3) is 0 Å². The zero-order chi connectivity index (χ0) is 10.9. The highest BCUT2D eigenvalue weighted by Gasteiger charge is 2.17. The van der Waals surface area contributed by atoms with E-state index < -0.39 is 17.6 Å². The van der Waals surface area contributed by atoms with E-state index in [-0.39, 0.29) is 20.9 Å². The van der Waals surface area contributed by atoms with Crippen molar-refractivity contribution in [1.29, 1.82) is 0 Å². The summed E-state index contributed by atoms with van der Waals surface area (Å²) in [5.41, 5.74) is 0.177. The van der Waals surface area contributed by atoms with Crippen LogP contribution < -0.4 is 0 Å². The lowest BCUT2D eigenvalue weighted by molar-refractivity contribution is -0.136. The quantitative estimate of drug-likeness (QED) is 0.668. The molecule has 1 aromatic carbocycles. The normalized spacial score (nSPS) is 10.3. The van der Waals surface area contributed by atoms with Crippen LogP contribution in [0.1, 0.15) is 5.56 Å². The molecule has 6 heteroatoms. The van der Waals surface area contributed by atoms with Crippen LogP contribution in [0.4, 0.5) is 8.78 Å². The number of hydrogen-bond donors (Lipinski definition) is 1. The predicted octanol–water partition coefficient (Wildman–Crippen LogP) is 3.12. The zero-order valence-electron chi connectivity index (χ0n) is 6.65. The summed E-state index contributed by atoms with van der Waals surface area (Å²) in [7, 11) is 0. The number of carboxylic acid groups (broad SMARTS) is 1. The van der Waals surface area contributed by atoms with E-state index in [1.165, 1.54) is 0 Å². The summed E-state index contributed by atoms with van der Waals surface area (Å²) in [5.74, 6) is -3.22. The molecule has 0 heterocycles. The van der Waals surface area contributed by atoms with E-state index in [0.717, 1.165) is 6.07 Å². The Balaban J connectivity index is 3.29. The second kappa shape index (κ2) is 4.35. The van der Waals surface area contributed by atoms with Gasteiger partial charge in [-0.05, 0) is 27.6 Å². The monoisotopic (exact) mass is 328 g/mol. The first kappa shape index (κ1) is 11.6. The Kier molecular flexibility index (Phi) is 3.60. The minimum atomic E-state index is -1.11. The van der Waals surface area contributed by atoms with E-state index in [9.17, 15) is 13.6 Å². The van der Waals surface area contributed by atoms with Crippen molar-refractivity contribution < 1.29 is 18.7 Å². The van der Waals surface area contributed by atoms with Gasteiger partial charge in [-0.15, -0.1) is 0 Å². The molecule has 76 valence electrons. The highest BCUT2D eigenvalue weighted by Crippen LogP contribution is 2.30. The van der Waals surface area contributed by atoms with Crippen LogP contribution in [0.2, 0.25) is 0 Å². The number of benzene rings is 1. The van der Waals surface area contributed by atoms with E-state index in [2.05, 4.69) is 31.9 Å². The number of halogens is 4. The third-order valence-electron chi connectivity index (χ3n) is 1.54. The Hall–Kier alpha value is -0.490. The Morgan fingerprint density at radius 2 is 2.00 bits per heavy atom. The lowest BCUT2D eigenvalue weighted by Gasteiger charge is -2.06. The SMILES string of the molecule is O=C(O)Cc1c(Br)cc(F)c(F)c1Br. The van der Waals surface area contributed by atoms with Gasteiger partial charge in [-0.2, -0.15) is 0 Å². The van der Waals surface area contributed by atoms with Gasteiger partial charge in [-0.1, -0.05) is 15.9 Å². The van der Waals surface area contributed by atoms with Crippen LogP contribution >= 0.6 is 31.9 Å². The van der Waals surface area contributed by atoms with Crippen molar-refractivity contribution in [3.05, 3.63) is 32.2 Å². The van der Waals surface area contributed by atoms with Crippen molar-refractivity contribution in [3.63, 3.8) is 0 Å². The molecular formula is C8H4Br2F2O2. The molecule has 0 bridgehead atoms. The lowest BCUT2D eigenvalue weighted by atomic mass is 10.1. The molecule has 0 aromatic heterocycles. The molecule has 2 nitrogen and oxygen atoms in total. The van der Waals surface area contributed by atoms with Gasteiger partial charge in [0.1, 0.15) is 0 Å². The summed E-state index contributed by atoms with van der Waals surface area (Å²) >= 11 is 5.76. The first-order valence-electron chi connectivity index (χ1n) is 3.47. The lowest BCUT2D eigenvalue weighted by Crippen LogP contribution is -2.04. The van der Waals surface area contributed by atoms with E-state index in [4.69, 9.17) is 5.11 Å². The topological polar surface area (TPSA) is 37.3 Å². The largest absolute Gasteiger partial charge is 0.481 e. The third kappa shape index (κ3) is 2.30. The van der Waals surface area contributed by atoms with Crippen LogP contribution in [0.25, 0.3) is 0 Å². The molecule has 0 spiro atoms. The smallest absolute Gasteiger partial charge is 0.307 e. The van der Waals surface area contributed by atoms with Crippen LogP contribution in [-0.4, -0.2) is 11.1 Å². The molecule has 0 saturated heterocycles. The summed E-state index contributed by atoms with van der Waals surface area (Å²) in [6.07, 6.45) is -0.377. The standard InChI is InChI=1S/C8H4Br2F2O2/c9-4-2-5(11)8(12)7(10)3(4)1-6(13)14/h2H,1H2,(H,13,14). The minimum Gasteiger partial charge on any atom is -0.481 e. The fourth-order valence-corrected chi connectivity index (χ4v) is 2.27. The molecule has 1 rings (SSSR count). The van der Waals surface area contributed by atoms with Gasteiger partial charge in [-0.25, -0.2) is 8.78 Å². The molecule has 0 aliphatic rings. The number of rotatable bonds is 2. The maximum absolute atomic E-state index is 13.0. The van der Waals surface area contributed by atoms with Gasteiger partial charge in [0.2, 0.25) is 0 Å². The van der Waals surface area contributed by atoms with Crippen LogP contribution in [0.15, 0.2) is 15.0 Å². The van der Waals surface area contributed by atoms with Crippen molar-refractivity contribution in [2.45, 2.75) is 6.42 Å². The molecule has 0 atom stereocenters. The van der Waals surface area contributed by atoms with Gasteiger partial charge >= 0.3 is 5.97 Å². The maximum atomic E-state index is 13.0. The first-order valence-corrected chi connectivity index (χ1v) is 5.05. The second-order valence-electron chi connectivity index (χ2n) is 2.52. The van der Waals surface area contributed by atoms with Gasteiger partial charge in [0.05, 0.1) is 10.9 Å². The highest BCUT2D eigenvalue weighted by molar-refractivity contribution is 9.11. The molecule has 0 radical (unpaired) electrons. The fraction of sp³-hybridized carbons (Fsp3) is 0.125. The fourth-order valence-electron chi connectivity index (χ4n) is 0.917. The molecule has 0 saturated carbocycles. The van der Waals surface area contributed by atoms with Gasteiger partial charge in [-0.3, -0.25) is 4.79 Å². The number of hydrogen-bond acceptors (Lipinski definition) is 1. The molecule has 0 aliphatic carbocycles. The molecular weight excluding hydrogens is 326 g/mol. The molecule has 1 N–H and O–H groups in total. The van der Waals surface area contributed by atoms with E-state index in [0.29, 0.717) is 0 Å². The number of carboxylic acids is 1. The Bertz CT molecular complexity index is 393. The predicted molar refractivity (Wildman–Crippen MR) is 53.1 cm³/mol. The molecule has 1 aromatic rings. The molecule has 0 unspecified atom stereocenters. The summed E-state index contributed by atoms with van der Waals surface area (Å²) in [6, 6.07) is 0.901. The van der Waals surface area contributed by atoms with Crippen molar-refractivity contribution in [3.8, 4) is 0 Å². The van der Waals surface area contributed by atoms with Crippen molar-refractivity contribution in [2.24, 2.45) is 0 Å². The van der Waals surface area contributed by atoms with Gasteiger partial charge in [0, 0.05) is 4.47 Å². The van der Waals surface area contributed by atoms with Gasteiger partial charge < -0.3 is 5.11 Å². The van der Waals surface area contributed by atoms with Gasteiger partial charge in [0.15, 0.2) is 11.6 Å². The second-order valence-corrected chi connectivity index (χ2v) is 4.16. The average molecular weight is 330 g/mol. The highest BCUT2D eigenvalue weighted by atomic mass is 79.9. The Labute approximate surface area is 95.2 Å². The van der Waals surface area contributed by atoms with E-state index in [1.807, 2.05) is 0 Å².